The van der Waals surface area contributed by atoms with Gasteiger partial charge in [0.25, 0.3) is 5.91 Å². The molecule has 27 heavy (non-hydrogen) atoms. The average molecular weight is 362 g/mol. The van der Waals surface area contributed by atoms with Crippen LogP contribution in [-0.4, -0.2) is 36.2 Å². The van der Waals surface area contributed by atoms with Crippen LogP contribution < -0.4 is 4.74 Å². The molecule has 140 valence electrons. The molecule has 0 radical (unpaired) electrons. The predicted molar refractivity (Wildman–Crippen MR) is 110 cm³/mol. The Bertz CT molecular complexity index is 867. The maximum atomic E-state index is 12.8. The summed E-state index contributed by atoms with van der Waals surface area (Å²) in [7, 11) is 1.84. The monoisotopic (exact) mass is 362 g/mol. The van der Waals surface area contributed by atoms with E-state index in [-0.39, 0.29) is 11.9 Å². The van der Waals surface area contributed by atoms with Crippen molar-refractivity contribution in [3.8, 4) is 11.5 Å². The average Bonchev–Trinajstić information content (AvgIpc) is 2.65. The predicted octanol–water partition coefficient (Wildman–Crippen LogP) is 5.12. The van der Waals surface area contributed by atoms with Crippen molar-refractivity contribution in [2.45, 2.75) is 33.2 Å². The molecule has 0 aliphatic carbocycles. The molecule has 1 aliphatic rings. The molecule has 0 N–H and O–H groups in total. The Morgan fingerprint density at radius 1 is 1.07 bits per heavy atom. The minimum atomic E-state index is 0.0000334. The third-order valence-electron chi connectivity index (χ3n) is 4.82. The largest absolute Gasteiger partial charge is 0.457 e. The van der Waals surface area contributed by atoms with E-state index < -0.39 is 0 Å². The van der Waals surface area contributed by atoms with Gasteiger partial charge in [0.2, 0.25) is 0 Å². The number of hydrogen-bond acceptors (Lipinski definition) is 3. The van der Waals surface area contributed by atoms with Gasteiger partial charge in [-0.2, -0.15) is 0 Å². The number of para-hydroxylation sites is 1. The van der Waals surface area contributed by atoms with E-state index in [0.717, 1.165) is 17.9 Å². The lowest BCUT2D eigenvalue weighted by molar-refractivity contribution is 0.0805. The number of amides is 1. The highest BCUT2D eigenvalue weighted by Gasteiger charge is 2.21. The highest BCUT2D eigenvalue weighted by atomic mass is 16.5. The Labute approximate surface area is 161 Å². The quantitative estimate of drug-likeness (QED) is 0.693. The van der Waals surface area contributed by atoms with Gasteiger partial charge in [-0.1, -0.05) is 23.8 Å². The molecule has 0 saturated heterocycles. The molecular weight excluding hydrogens is 336 g/mol. The van der Waals surface area contributed by atoms with Gasteiger partial charge in [-0.3, -0.25) is 9.79 Å². The SMILES string of the molecule is CC1=NC(C)C(CN(C)C(=O)c2ccc(Oc3ccccc3)cc2)=C(C)C1. The molecule has 0 bridgehead atoms. The summed E-state index contributed by atoms with van der Waals surface area (Å²) in [6.45, 7) is 6.89. The van der Waals surface area contributed by atoms with Crippen molar-refractivity contribution in [1.82, 2.24) is 4.90 Å². The number of nitrogens with zero attached hydrogens (tertiary/aromatic N) is 2. The minimum Gasteiger partial charge on any atom is -0.457 e. The van der Waals surface area contributed by atoms with Gasteiger partial charge in [0, 0.05) is 31.3 Å². The number of rotatable bonds is 5. The second-order valence-electron chi connectivity index (χ2n) is 7.12. The lowest BCUT2D eigenvalue weighted by atomic mass is 9.95. The minimum absolute atomic E-state index is 0.0000334. The summed E-state index contributed by atoms with van der Waals surface area (Å²) >= 11 is 0. The fraction of sp³-hybridized carbons (Fsp3) is 0.304. The van der Waals surface area contributed by atoms with E-state index in [1.165, 1.54) is 11.1 Å². The van der Waals surface area contributed by atoms with Gasteiger partial charge in [0.1, 0.15) is 11.5 Å². The number of likely N-dealkylation sites (N-methyl/N-ethyl adjacent to an activating group) is 1. The maximum Gasteiger partial charge on any atom is 0.253 e. The third-order valence-corrected chi connectivity index (χ3v) is 4.82. The number of allylic oxidation sites excluding steroid dienone is 1. The molecule has 1 atom stereocenters. The number of hydrogen-bond donors (Lipinski definition) is 0. The highest BCUT2D eigenvalue weighted by molar-refractivity contribution is 5.94. The lowest BCUT2D eigenvalue weighted by Crippen LogP contribution is -2.32. The third kappa shape index (κ3) is 4.64. The number of dihydropyridines is 1. The van der Waals surface area contributed by atoms with Crippen LogP contribution in [0.15, 0.2) is 70.7 Å². The maximum absolute atomic E-state index is 12.8. The van der Waals surface area contributed by atoms with Gasteiger partial charge < -0.3 is 9.64 Å². The number of benzene rings is 2. The van der Waals surface area contributed by atoms with E-state index in [1.54, 1.807) is 4.90 Å². The van der Waals surface area contributed by atoms with Crippen molar-refractivity contribution < 1.29 is 9.53 Å². The molecule has 1 unspecified atom stereocenters. The lowest BCUT2D eigenvalue weighted by Gasteiger charge is -2.26. The summed E-state index contributed by atoms with van der Waals surface area (Å²) in [6, 6.07) is 17.0. The standard InChI is InChI=1S/C23H26N2O2/c1-16-14-17(2)24-18(3)22(16)15-25(4)23(26)19-10-12-21(13-11-19)27-20-8-6-5-7-9-20/h5-13,18H,14-15H2,1-4H3. The van der Waals surface area contributed by atoms with Gasteiger partial charge in [-0.15, -0.1) is 0 Å². The van der Waals surface area contributed by atoms with E-state index in [4.69, 9.17) is 4.74 Å². The Morgan fingerprint density at radius 3 is 2.33 bits per heavy atom. The van der Waals surface area contributed by atoms with Crippen molar-refractivity contribution in [3.05, 3.63) is 71.3 Å². The van der Waals surface area contributed by atoms with Crippen molar-refractivity contribution in [1.29, 1.82) is 0 Å². The van der Waals surface area contributed by atoms with Crippen LogP contribution in [0.3, 0.4) is 0 Å². The van der Waals surface area contributed by atoms with Crippen molar-refractivity contribution in [3.63, 3.8) is 0 Å². The summed E-state index contributed by atoms with van der Waals surface area (Å²) in [5.41, 5.74) is 4.37. The molecule has 1 amide bonds. The second kappa shape index (κ2) is 8.21. The van der Waals surface area contributed by atoms with Gasteiger partial charge in [-0.25, -0.2) is 0 Å². The van der Waals surface area contributed by atoms with Crippen LogP contribution in [0.1, 0.15) is 37.6 Å². The van der Waals surface area contributed by atoms with Crippen molar-refractivity contribution in [2.24, 2.45) is 4.99 Å². The van der Waals surface area contributed by atoms with Crippen molar-refractivity contribution in [2.75, 3.05) is 13.6 Å². The molecule has 0 saturated carbocycles. The molecule has 4 nitrogen and oxygen atoms in total. The topological polar surface area (TPSA) is 41.9 Å². The molecule has 1 heterocycles. The van der Waals surface area contributed by atoms with Crippen LogP contribution in [0, 0.1) is 0 Å². The Morgan fingerprint density at radius 2 is 1.70 bits per heavy atom. The number of carbonyl (C=O) groups is 1. The zero-order valence-corrected chi connectivity index (χ0v) is 16.4. The Kier molecular flexibility index (Phi) is 5.75. The zero-order valence-electron chi connectivity index (χ0n) is 16.4. The van der Waals surface area contributed by atoms with Crippen LogP contribution in [-0.2, 0) is 0 Å². The Hall–Kier alpha value is -2.88. The molecule has 2 aromatic carbocycles. The van der Waals surface area contributed by atoms with Gasteiger partial charge in [0.05, 0.1) is 6.04 Å². The molecule has 0 spiro atoms. The summed E-state index contributed by atoms with van der Waals surface area (Å²) < 4.78 is 5.79. The van der Waals surface area contributed by atoms with E-state index in [9.17, 15) is 4.79 Å². The summed E-state index contributed by atoms with van der Waals surface area (Å²) in [5, 5.41) is 0. The zero-order chi connectivity index (χ0) is 19.4. The van der Waals surface area contributed by atoms with Crippen LogP contribution in [0.25, 0.3) is 0 Å². The Balaban J connectivity index is 1.66. The molecule has 1 aliphatic heterocycles. The number of ether oxygens (including phenoxy) is 1. The first-order valence-corrected chi connectivity index (χ1v) is 9.24. The molecule has 0 fully saturated rings. The van der Waals surface area contributed by atoms with Gasteiger partial charge in [0.15, 0.2) is 0 Å². The molecule has 2 aromatic rings. The fourth-order valence-corrected chi connectivity index (χ4v) is 3.41. The second-order valence-corrected chi connectivity index (χ2v) is 7.12. The van der Waals surface area contributed by atoms with E-state index in [1.807, 2.05) is 61.6 Å². The summed E-state index contributed by atoms with van der Waals surface area (Å²) in [4.78, 5) is 19.2. The normalized spacial score (nSPS) is 16.7. The fourth-order valence-electron chi connectivity index (χ4n) is 3.41. The molecule has 4 heteroatoms. The number of aliphatic imine (C=N–C) groups is 1. The summed E-state index contributed by atoms with van der Waals surface area (Å²) in [6.07, 6.45) is 0.896. The van der Waals surface area contributed by atoms with E-state index in [2.05, 4.69) is 25.8 Å². The molecule has 0 aromatic heterocycles. The van der Waals surface area contributed by atoms with Gasteiger partial charge >= 0.3 is 0 Å². The van der Waals surface area contributed by atoms with Crippen LogP contribution >= 0.6 is 0 Å². The van der Waals surface area contributed by atoms with Crippen LogP contribution in [0.2, 0.25) is 0 Å². The van der Waals surface area contributed by atoms with E-state index in [0.29, 0.717) is 17.9 Å². The van der Waals surface area contributed by atoms with Crippen molar-refractivity contribution >= 4 is 11.6 Å². The van der Waals surface area contributed by atoms with Gasteiger partial charge in [-0.05, 0) is 62.7 Å². The first kappa shape index (κ1) is 18.9. The highest BCUT2D eigenvalue weighted by Crippen LogP contribution is 2.24. The first-order chi connectivity index (χ1) is 12.9. The smallest absolute Gasteiger partial charge is 0.253 e. The molecular formula is C23H26N2O2. The number of carbonyl (C=O) groups excluding carboxylic acids is 1. The van der Waals surface area contributed by atoms with Crippen LogP contribution in [0.5, 0.6) is 11.5 Å². The van der Waals surface area contributed by atoms with E-state index >= 15 is 0 Å². The molecule has 3 rings (SSSR count). The summed E-state index contributed by atoms with van der Waals surface area (Å²) in [5.74, 6) is 1.49. The van der Waals surface area contributed by atoms with Crippen LogP contribution in [0.4, 0.5) is 0 Å². The first-order valence-electron chi connectivity index (χ1n) is 9.24.